The maximum absolute atomic E-state index is 7.54. The fourth-order valence-electron chi connectivity index (χ4n) is 6.31. The van der Waals surface area contributed by atoms with E-state index in [1.54, 1.807) is 0 Å². The maximum Gasteiger partial charge on any atom is 0.0404 e. The van der Waals surface area contributed by atoms with Gasteiger partial charge in [-0.3, -0.25) is 0 Å². The fraction of sp³-hybridized carbons (Fsp3) is 1.00. The summed E-state index contributed by atoms with van der Waals surface area (Å²) in [5, 5.41) is 0. The molecule has 0 radical (unpaired) electrons. The molecule has 0 aromatic carbocycles. The van der Waals surface area contributed by atoms with E-state index in [0.717, 1.165) is 22.6 Å². The first kappa shape index (κ1) is 21.1. The van der Waals surface area contributed by atoms with Crippen molar-refractivity contribution in [1.82, 2.24) is 0 Å². The van der Waals surface area contributed by atoms with E-state index in [2.05, 4.69) is 0 Å². The smallest absolute Gasteiger partial charge is 0.0404 e. The molecule has 1 nitrogen and oxygen atoms in total. The lowest BCUT2D eigenvalue weighted by Crippen LogP contribution is -2.25. The van der Waals surface area contributed by atoms with Crippen molar-refractivity contribution in [2.45, 2.75) is 151 Å². The molecule has 0 amide bonds. The lowest BCUT2D eigenvalue weighted by atomic mass is 10.00. The van der Waals surface area contributed by atoms with Crippen LogP contribution in [0.4, 0.5) is 0 Å². The van der Waals surface area contributed by atoms with Crippen molar-refractivity contribution in [2.24, 2.45) is 0 Å². The van der Waals surface area contributed by atoms with Crippen LogP contribution in [-0.2, 0) is 4.31 Å². The number of hydrogen-bond donors (Lipinski definition) is 0. The molecule has 4 fully saturated rings. The van der Waals surface area contributed by atoms with Crippen LogP contribution in [0.5, 0.6) is 0 Å². The third kappa shape index (κ3) is 5.92. The summed E-state index contributed by atoms with van der Waals surface area (Å²) >= 11 is 0. The largest absolute Gasteiger partial charge is 0.336 e. The molecule has 156 valence electrons. The summed E-state index contributed by atoms with van der Waals surface area (Å²) in [6.07, 6.45) is 29.9. The molecular formula is C24H44OP2. The first-order valence-electron chi connectivity index (χ1n) is 12.7. The van der Waals surface area contributed by atoms with Crippen molar-refractivity contribution >= 4 is 16.3 Å². The van der Waals surface area contributed by atoms with Gasteiger partial charge in [0, 0.05) is 38.9 Å². The van der Waals surface area contributed by atoms with E-state index in [9.17, 15) is 0 Å². The molecule has 27 heavy (non-hydrogen) atoms. The molecule has 0 spiro atoms. The molecule has 0 N–H and O–H groups in total. The van der Waals surface area contributed by atoms with Gasteiger partial charge in [0.15, 0.2) is 0 Å². The summed E-state index contributed by atoms with van der Waals surface area (Å²) in [4.78, 5) is 0. The quantitative estimate of drug-likeness (QED) is 0.397. The lowest BCUT2D eigenvalue weighted by Gasteiger charge is -2.44. The molecule has 3 heteroatoms. The zero-order chi connectivity index (χ0) is 18.3. The van der Waals surface area contributed by atoms with Crippen LogP contribution in [0.3, 0.4) is 0 Å². The molecule has 0 aliphatic heterocycles. The minimum Gasteiger partial charge on any atom is -0.336 e. The number of rotatable bonds is 6. The van der Waals surface area contributed by atoms with E-state index < -0.39 is 0 Å². The first-order chi connectivity index (χ1) is 13.4. The third-order valence-electron chi connectivity index (χ3n) is 7.93. The van der Waals surface area contributed by atoms with Gasteiger partial charge in [0.25, 0.3) is 0 Å². The Morgan fingerprint density at radius 1 is 0.333 bits per heavy atom. The van der Waals surface area contributed by atoms with Gasteiger partial charge in [-0.15, -0.1) is 0 Å². The molecule has 0 unspecified atom stereocenters. The summed E-state index contributed by atoms with van der Waals surface area (Å²) < 4.78 is 7.54. The highest BCUT2D eigenvalue weighted by molar-refractivity contribution is 7.67. The Bertz CT molecular complexity index is 331. The van der Waals surface area contributed by atoms with Gasteiger partial charge in [-0.25, -0.2) is 0 Å². The molecule has 0 aromatic heterocycles. The Morgan fingerprint density at radius 2 is 0.556 bits per heavy atom. The highest BCUT2D eigenvalue weighted by atomic mass is 31.2. The minimum absolute atomic E-state index is 0.157. The molecule has 0 saturated heterocycles. The second kappa shape index (κ2) is 11.3. The van der Waals surface area contributed by atoms with Crippen molar-refractivity contribution in [3.8, 4) is 0 Å². The van der Waals surface area contributed by atoms with Crippen LogP contribution in [0.25, 0.3) is 0 Å². The van der Waals surface area contributed by atoms with E-state index in [4.69, 9.17) is 4.31 Å². The van der Waals surface area contributed by atoms with Gasteiger partial charge in [-0.05, 0) is 51.4 Å². The standard InChI is InChI=1S/C24H44OP2/c1-5-13-21(14-6-1)26(22-15-7-2-8-16-22)25-27(23-17-9-3-10-18-23)24-19-11-4-12-20-24/h21-24H,1-20H2. The second-order valence-electron chi connectivity index (χ2n) is 9.97. The van der Waals surface area contributed by atoms with Gasteiger partial charge in [0.05, 0.1) is 0 Å². The molecule has 0 aromatic rings. The minimum atomic E-state index is -0.157. The van der Waals surface area contributed by atoms with Crippen LogP contribution >= 0.6 is 16.3 Å². The van der Waals surface area contributed by atoms with Crippen molar-refractivity contribution in [1.29, 1.82) is 0 Å². The Labute approximate surface area is 171 Å². The Hall–Kier alpha value is 0.820. The van der Waals surface area contributed by atoms with Crippen LogP contribution in [-0.4, -0.2) is 22.6 Å². The van der Waals surface area contributed by atoms with Crippen molar-refractivity contribution in [3.05, 3.63) is 0 Å². The van der Waals surface area contributed by atoms with Crippen molar-refractivity contribution in [2.75, 3.05) is 0 Å². The van der Waals surface area contributed by atoms with Crippen LogP contribution < -0.4 is 0 Å². The third-order valence-corrected chi connectivity index (χ3v) is 14.4. The van der Waals surface area contributed by atoms with E-state index in [0.29, 0.717) is 0 Å². The average molecular weight is 411 g/mol. The molecule has 4 aliphatic carbocycles. The normalized spacial score (nSPS) is 28.2. The molecule has 0 atom stereocenters. The zero-order valence-electron chi connectivity index (χ0n) is 17.8. The highest BCUT2D eigenvalue weighted by Crippen LogP contribution is 2.69. The van der Waals surface area contributed by atoms with Gasteiger partial charge in [-0.2, -0.15) is 0 Å². The molecule has 0 bridgehead atoms. The van der Waals surface area contributed by atoms with Crippen LogP contribution in [0, 0.1) is 0 Å². The topological polar surface area (TPSA) is 9.23 Å². The summed E-state index contributed by atoms with van der Waals surface area (Å²) in [5.41, 5.74) is 3.87. The lowest BCUT2D eigenvalue weighted by molar-refractivity contribution is 0.433. The predicted molar refractivity (Wildman–Crippen MR) is 122 cm³/mol. The van der Waals surface area contributed by atoms with Crippen LogP contribution in [0.1, 0.15) is 128 Å². The summed E-state index contributed by atoms with van der Waals surface area (Å²) in [7, 11) is -0.314. The van der Waals surface area contributed by atoms with Crippen molar-refractivity contribution < 1.29 is 4.31 Å². The van der Waals surface area contributed by atoms with Crippen LogP contribution in [0.15, 0.2) is 0 Å². The first-order valence-corrected chi connectivity index (χ1v) is 15.5. The van der Waals surface area contributed by atoms with Gasteiger partial charge < -0.3 is 4.31 Å². The Morgan fingerprint density at radius 3 is 0.778 bits per heavy atom. The average Bonchev–Trinajstić information content (AvgIpc) is 2.77. The fourth-order valence-corrected chi connectivity index (χ4v) is 14.0. The second-order valence-corrected chi connectivity index (χ2v) is 15.0. The molecule has 4 saturated carbocycles. The Kier molecular flexibility index (Phi) is 8.80. The summed E-state index contributed by atoms with van der Waals surface area (Å²) in [5.74, 6) is 0. The van der Waals surface area contributed by atoms with Gasteiger partial charge in [-0.1, -0.05) is 77.0 Å². The van der Waals surface area contributed by atoms with E-state index in [1.807, 2.05) is 0 Å². The van der Waals surface area contributed by atoms with Gasteiger partial charge in [0.2, 0.25) is 0 Å². The molecule has 4 rings (SSSR count). The maximum atomic E-state index is 7.54. The Balaban J connectivity index is 1.49. The predicted octanol–water partition coefficient (Wildman–Crippen LogP) is 9.13. The zero-order valence-corrected chi connectivity index (χ0v) is 19.5. The molecule has 0 heterocycles. The van der Waals surface area contributed by atoms with E-state index in [1.165, 1.54) is 128 Å². The number of hydrogen-bond acceptors (Lipinski definition) is 1. The van der Waals surface area contributed by atoms with Crippen LogP contribution in [0.2, 0.25) is 0 Å². The van der Waals surface area contributed by atoms with Gasteiger partial charge >= 0.3 is 0 Å². The highest BCUT2D eigenvalue weighted by Gasteiger charge is 2.39. The SMILES string of the molecule is C1CCC(P(OP(C2CCCCC2)C2CCCCC2)C2CCCCC2)CC1. The van der Waals surface area contributed by atoms with E-state index in [-0.39, 0.29) is 16.3 Å². The monoisotopic (exact) mass is 410 g/mol. The summed E-state index contributed by atoms with van der Waals surface area (Å²) in [6.45, 7) is 0. The molecule has 4 aliphatic rings. The van der Waals surface area contributed by atoms with Crippen molar-refractivity contribution in [3.63, 3.8) is 0 Å². The van der Waals surface area contributed by atoms with Gasteiger partial charge in [0.1, 0.15) is 0 Å². The van der Waals surface area contributed by atoms with E-state index >= 15 is 0 Å². The molecular weight excluding hydrogens is 366 g/mol. The summed E-state index contributed by atoms with van der Waals surface area (Å²) in [6, 6.07) is 0.